The molecule has 0 amide bonds. The minimum atomic E-state index is -0.798. The Hall–Kier alpha value is -0.160. The number of hydrogen-bond acceptors (Lipinski definition) is 4. The summed E-state index contributed by atoms with van der Waals surface area (Å²) in [6, 6.07) is 0. The summed E-state index contributed by atoms with van der Waals surface area (Å²) in [4.78, 5) is 22.6. The molecule has 3 atom stereocenters. The van der Waals surface area contributed by atoms with Crippen LogP contribution in [-0.2, 0) is 19.6 Å². The van der Waals surface area contributed by atoms with Crippen LogP contribution in [0.5, 0.6) is 0 Å². The molecule has 1 aliphatic carbocycles. The molecule has 0 aromatic heterocycles. The Morgan fingerprint density at radius 2 is 1.43 bits per heavy atom. The van der Waals surface area contributed by atoms with E-state index in [-0.39, 0.29) is 17.6 Å². The van der Waals surface area contributed by atoms with Gasteiger partial charge in [-0.3, -0.25) is 0 Å². The quantitative estimate of drug-likeness (QED) is 0.358. The fourth-order valence-corrected chi connectivity index (χ4v) is 3.04. The Balaban J connectivity index is 2.77. The molecule has 21 heavy (non-hydrogen) atoms. The highest BCUT2D eigenvalue weighted by Gasteiger charge is 2.47. The Morgan fingerprint density at radius 3 is 1.81 bits per heavy atom. The third kappa shape index (κ3) is 6.23. The summed E-state index contributed by atoms with van der Waals surface area (Å²) in [5.41, 5.74) is 0.148. The second kappa shape index (κ2) is 7.91. The van der Waals surface area contributed by atoms with Crippen molar-refractivity contribution >= 4 is 0 Å². The zero-order valence-corrected chi connectivity index (χ0v) is 14.9. The van der Waals surface area contributed by atoms with Gasteiger partial charge < -0.3 is 0 Å². The van der Waals surface area contributed by atoms with Gasteiger partial charge in [0, 0.05) is 12.8 Å². The summed E-state index contributed by atoms with van der Waals surface area (Å²) in [5.74, 6) is -0.289. The standard InChI is InChI=1S/C17H34O4/c1-8-14(4)18-20-17(21-19-15(5)9-2)11-13(3)10-16(6,7)12-17/h13-15H,8-12H2,1-7H3. The van der Waals surface area contributed by atoms with Gasteiger partial charge in [-0.2, -0.15) is 9.78 Å². The molecule has 0 aromatic rings. The summed E-state index contributed by atoms with van der Waals surface area (Å²) in [5, 5.41) is 0. The third-order valence-corrected chi connectivity index (χ3v) is 4.19. The first-order valence-corrected chi connectivity index (χ1v) is 8.41. The SMILES string of the molecule is CCC(C)OOC1(OOC(C)CC)CC(C)CC(C)(C)C1. The van der Waals surface area contributed by atoms with Gasteiger partial charge in [0.05, 0.1) is 12.2 Å². The van der Waals surface area contributed by atoms with E-state index in [4.69, 9.17) is 19.6 Å². The van der Waals surface area contributed by atoms with Crippen LogP contribution in [0, 0.1) is 11.3 Å². The van der Waals surface area contributed by atoms with Crippen molar-refractivity contribution in [1.29, 1.82) is 0 Å². The molecule has 3 unspecified atom stereocenters. The molecule has 0 aliphatic heterocycles. The molecule has 4 nitrogen and oxygen atoms in total. The maximum absolute atomic E-state index is 5.78. The molecule has 0 radical (unpaired) electrons. The predicted octanol–water partition coefficient (Wildman–Crippen LogP) is 5.02. The Morgan fingerprint density at radius 1 is 0.952 bits per heavy atom. The minimum absolute atomic E-state index is 0.0504. The fraction of sp³-hybridized carbons (Fsp3) is 1.00. The lowest BCUT2D eigenvalue weighted by molar-refractivity contribution is -0.536. The highest BCUT2D eigenvalue weighted by atomic mass is 17.3. The van der Waals surface area contributed by atoms with Crippen molar-refractivity contribution in [1.82, 2.24) is 0 Å². The van der Waals surface area contributed by atoms with E-state index >= 15 is 0 Å². The van der Waals surface area contributed by atoms with E-state index < -0.39 is 5.79 Å². The molecule has 126 valence electrons. The van der Waals surface area contributed by atoms with Crippen molar-refractivity contribution in [3.63, 3.8) is 0 Å². The zero-order valence-electron chi connectivity index (χ0n) is 14.9. The van der Waals surface area contributed by atoms with Gasteiger partial charge in [-0.05, 0) is 44.4 Å². The second-order valence-electron chi connectivity index (χ2n) is 7.56. The van der Waals surface area contributed by atoms with Gasteiger partial charge in [0.25, 0.3) is 0 Å². The van der Waals surface area contributed by atoms with Gasteiger partial charge in [0.15, 0.2) is 0 Å². The molecule has 0 spiro atoms. The topological polar surface area (TPSA) is 36.9 Å². The van der Waals surface area contributed by atoms with Crippen LogP contribution >= 0.6 is 0 Å². The summed E-state index contributed by atoms with van der Waals surface area (Å²) in [7, 11) is 0. The van der Waals surface area contributed by atoms with E-state index in [9.17, 15) is 0 Å². The molecule has 4 heteroatoms. The van der Waals surface area contributed by atoms with Gasteiger partial charge in [-0.1, -0.05) is 34.6 Å². The zero-order chi connectivity index (χ0) is 16.1. The Kier molecular flexibility index (Phi) is 7.11. The molecule has 1 aliphatic rings. The monoisotopic (exact) mass is 302 g/mol. The van der Waals surface area contributed by atoms with E-state index in [1.165, 1.54) is 0 Å². The molecular weight excluding hydrogens is 268 g/mol. The van der Waals surface area contributed by atoms with Crippen LogP contribution in [0.2, 0.25) is 0 Å². The van der Waals surface area contributed by atoms with Crippen LogP contribution in [0.4, 0.5) is 0 Å². The van der Waals surface area contributed by atoms with Gasteiger partial charge in [-0.25, -0.2) is 9.78 Å². The smallest absolute Gasteiger partial charge is 0.231 e. The van der Waals surface area contributed by atoms with Crippen molar-refractivity contribution in [2.75, 3.05) is 0 Å². The van der Waals surface area contributed by atoms with Crippen LogP contribution in [0.1, 0.15) is 80.6 Å². The number of hydrogen-bond donors (Lipinski definition) is 0. The first kappa shape index (κ1) is 18.9. The highest BCUT2D eigenvalue weighted by Crippen LogP contribution is 2.46. The summed E-state index contributed by atoms with van der Waals surface area (Å²) in [6.45, 7) is 14.9. The molecule has 0 heterocycles. The molecule has 0 saturated heterocycles. The van der Waals surface area contributed by atoms with E-state index in [0.29, 0.717) is 5.92 Å². The molecule has 0 aromatic carbocycles. The molecule has 0 N–H and O–H groups in total. The van der Waals surface area contributed by atoms with E-state index in [2.05, 4.69) is 34.6 Å². The lowest BCUT2D eigenvalue weighted by Gasteiger charge is -2.45. The summed E-state index contributed by atoms with van der Waals surface area (Å²) >= 11 is 0. The van der Waals surface area contributed by atoms with Crippen LogP contribution < -0.4 is 0 Å². The van der Waals surface area contributed by atoms with Crippen molar-refractivity contribution in [3.8, 4) is 0 Å². The molecule has 0 bridgehead atoms. The Bertz CT molecular complexity index is 289. The first-order valence-electron chi connectivity index (χ1n) is 8.41. The van der Waals surface area contributed by atoms with Crippen molar-refractivity contribution < 1.29 is 19.6 Å². The van der Waals surface area contributed by atoms with Crippen LogP contribution in [-0.4, -0.2) is 18.0 Å². The van der Waals surface area contributed by atoms with Crippen molar-refractivity contribution in [2.24, 2.45) is 11.3 Å². The lowest BCUT2D eigenvalue weighted by atomic mass is 9.70. The number of rotatable bonds is 8. The predicted molar refractivity (Wildman–Crippen MR) is 83.4 cm³/mol. The fourth-order valence-electron chi connectivity index (χ4n) is 3.04. The first-order chi connectivity index (χ1) is 9.72. The molecule has 1 fully saturated rings. The van der Waals surface area contributed by atoms with Gasteiger partial charge in [-0.15, -0.1) is 0 Å². The van der Waals surface area contributed by atoms with Crippen LogP contribution in [0.25, 0.3) is 0 Å². The average molecular weight is 302 g/mol. The molecule has 1 rings (SSSR count). The van der Waals surface area contributed by atoms with Crippen molar-refractivity contribution in [2.45, 2.75) is 98.6 Å². The second-order valence-corrected chi connectivity index (χ2v) is 7.56. The highest BCUT2D eigenvalue weighted by molar-refractivity contribution is 4.88. The van der Waals surface area contributed by atoms with Gasteiger partial charge in [0.1, 0.15) is 0 Å². The van der Waals surface area contributed by atoms with Crippen molar-refractivity contribution in [3.05, 3.63) is 0 Å². The van der Waals surface area contributed by atoms with E-state index in [1.807, 2.05) is 13.8 Å². The maximum Gasteiger partial charge on any atom is 0.234 e. The largest absolute Gasteiger partial charge is 0.234 e. The van der Waals surface area contributed by atoms with E-state index in [0.717, 1.165) is 32.1 Å². The Labute approximate surface area is 130 Å². The summed E-state index contributed by atoms with van der Waals surface area (Å²) < 4.78 is 0. The molecular formula is C17H34O4. The van der Waals surface area contributed by atoms with Gasteiger partial charge >= 0.3 is 0 Å². The normalized spacial score (nSPS) is 31.9. The third-order valence-electron chi connectivity index (χ3n) is 4.19. The van der Waals surface area contributed by atoms with Crippen LogP contribution in [0.3, 0.4) is 0 Å². The minimum Gasteiger partial charge on any atom is -0.231 e. The van der Waals surface area contributed by atoms with Crippen LogP contribution in [0.15, 0.2) is 0 Å². The van der Waals surface area contributed by atoms with Gasteiger partial charge in [0.2, 0.25) is 5.79 Å². The molecule has 1 saturated carbocycles. The maximum atomic E-state index is 5.78. The van der Waals surface area contributed by atoms with E-state index in [1.54, 1.807) is 0 Å². The lowest BCUT2D eigenvalue weighted by Crippen LogP contribution is -2.47. The average Bonchev–Trinajstić information content (AvgIpc) is 2.40. The summed E-state index contributed by atoms with van der Waals surface area (Å²) in [6.07, 6.45) is 4.64.